The first-order valence-electron chi connectivity index (χ1n) is 7.73. The predicted octanol–water partition coefficient (Wildman–Crippen LogP) is 0.774. The Labute approximate surface area is 146 Å². The Balaban J connectivity index is 1.80. The van der Waals surface area contributed by atoms with Gasteiger partial charge in [-0.1, -0.05) is 12.1 Å². The molecule has 0 unspecified atom stereocenters. The van der Waals surface area contributed by atoms with Crippen molar-refractivity contribution in [2.45, 2.75) is 4.90 Å². The fraction of sp³-hybridized carbons (Fsp3) is 0.312. The van der Waals surface area contributed by atoms with E-state index in [1.807, 2.05) is 4.90 Å². The molecular weight excluding hydrogens is 344 g/mol. The lowest BCUT2D eigenvalue weighted by Gasteiger charge is -2.34. The summed E-state index contributed by atoms with van der Waals surface area (Å²) >= 11 is 0. The first-order valence-corrected chi connectivity index (χ1v) is 9.17. The van der Waals surface area contributed by atoms with Crippen LogP contribution in [0.4, 0.5) is 5.95 Å². The summed E-state index contributed by atoms with van der Waals surface area (Å²) in [5.41, 5.74) is 0.0406. The summed E-state index contributed by atoms with van der Waals surface area (Å²) in [7, 11) is -2.56. The fourth-order valence-corrected chi connectivity index (χ4v) is 4.29. The number of carbonyl (C=O) groups is 1. The molecular formula is C16H18N4O4S. The number of nitrogens with zero attached hydrogens (tertiary/aromatic N) is 4. The van der Waals surface area contributed by atoms with Crippen molar-refractivity contribution < 1.29 is 17.9 Å². The standard InChI is InChI=1S/C16H18N4O4S/c1-24-15(21)13-5-2-3-6-14(13)25(22,23)20-11-9-19(10-12-20)16-17-7-4-8-18-16/h2-8H,9-12H2,1H3. The average Bonchev–Trinajstić information content (AvgIpc) is 2.68. The molecule has 25 heavy (non-hydrogen) atoms. The lowest BCUT2D eigenvalue weighted by atomic mass is 10.2. The Morgan fingerprint density at radius 3 is 2.32 bits per heavy atom. The number of hydrogen-bond acceptors (Lipinski definition) is 7. The summed E-state index contributed by atoms with van der Waals surface area (Å²) in [5, 5.41) is 0. The molecule has 8 nitrogen and oxygen atoms in total. The highest BCUT2D eigenvalue weighted by molar-refractivity contribution is 7.89. The summed E-state index contributed by atoms with van der Waals surface area (Å²) in [4.78, 5) is 22.1. The van der Waals surface area contributed by atoms with Crippen LogP contribution in [-0.4, -0.2) is 61.9 Å². The second-order valence-corrected chi connectivity index (χ2v) is 7.33. The minimum atomic E-state index is -3.79. The van der Waals surface area contributed by atoms with Crippen LogP contribution in [0.25, 0.3) is 0 Å². The van der Waals surface area contributed by atoms with E-state index in [2.05, 4.69) is 14.7 Å². The minimum Gasteiger partial charge on any atom is -0.465 e. The molecule has 0 saturated carbocycles. The van der Waals surface area contributed by atoms with Crippen molar-refractivity contribution in [1.29, 1.82) is 0 Å². The van der Waals surface area contributed by atoms with E-state index in [9.17, 15) is 13.2 Å². The van der Waals surface area contributed by atoms with E-state index in [0.717, 1.165) is 0 Å². The van der Waals surface area contributed by atoms with E-state index in [1.165, 1.54) is 23.5 Å². The number of aromatic nitrogens is 2. The van der Waals surface area contributed by atoms with Gasteiger partial charge >= 0.3 is 5.97 Å². The lowest BCUT2D eigenvalue weighted by molar-refractivity contribution is 0.0596. The molecule has 9 heteroatoms. The van der Waals surface area contributed by atoms with Gasteiger partial charge in [0.1, 0.15) is 0 Å². The third-order valence-electron chi connectivity index (χ3n) is 3.98. The maximum absolute atomic E-state index is 12.9. The second-order valence-electron chi connectivity index (χ2n) is 5.43. The highest BCUT2D eigenvalue weighted by Crippen LogP contribution is 2.23. The number of ether oxygens (including phenoxy) is 1. The topological polar surface area (TPSA) is 92.7 Å². The zero-order valence-electron chi connectivity index (χ0n) is 13.7. The minimum absolute atomic E-state index is 0.0359. The van der Waals surface area contributed by atoms with Gasteiger partial charge in [0.15, 0.2) is 0 Å². The Bertz CT molecular complexity index is 849. The summed E-state index contributed by atoms with van der Waals surface area (Å²) < 4.78 is 31.9. The number of sulfonamides is 1. The van der Waals surface area contributed by atoms with Crippen LogP contribution in [0.1, 0.15) is 10.4 Å². The number of benzene rings is 1. The van der Waals surface area contributed by atoms with Crippen molar-refractivity contribution in [2.24, 2.45) is 0 Å². The number of rotatable bonds is 4. The van der Waals surface area contributed by atoms with Crippen LogP contribution >= 0.6 is 0 Å². The number of piperazine rings is 1. The molecule has 2 aromatic rings. The van der Waals surface area contributed by atoms with Gasteiger partial charge in [-0.25, -0.2) is 23.2 Å². The van der Waals surface area contributed by atoms with Crippen LogP contribution in [0.3, 0.4) is 0 Å². The van der Waals surface area contributed by atoms with Crippen molar-refractivity contribution in [3.8, 4) is 0 Å². The third kappa shape index (κ3) is 3.47. The van der Waals surface area contributed by atoms with Crippen LogP contribution in [0.15, 0.2) is 47.6 Å². The lowest BCUT2D eigenvalue weighted by Crippen LogP contribution is -2.49. The molecule has 0 atom stereocenters. The normalized spacial score (nSPS) is 15.8. The molecule has 0 spiro atoms. The molecule has 2 heterocycles. The van der Waals surface area contributed by atoms with Crippen LogP contribution in [0.2, 0.25) is 0 Å². The first-order chi connectivity index (χ1) is 12.0. The van der Waals surface area contributed by atoms with Gasteiger partial charge in [0.2, 0.25) is 16.0 Å². The Hall–Kier alpha value is -2.52. The molecule has 0 aliphatic carbocycles. The van der Waals surface area contributed by atoms with Crippen molar-refractivity contribution >= 4 is 21.9 Å². The van der Waals surface area contributed by atoms with Crippen molar-refractivity contribution in [3.63, 3.8) is 0 Å². The fourth-order valence-electron chi connectivity index (χ4n) is 2.69. The van der Waals surface area contributed by atoms with Gasteiger partial charge in [-0.05, 0) is 18.2 Å². The molecule has 1 aliphatic rings. The van der Waals surface area contributed by atoms with Crippen LogP contribution in [0.5, 0.6) is 0 Å². The monoisotopic (exact) mass is 362 g/mol. The van der Waals surface area contributed by atoms with Crippen molar-refractivity contribution in [1.82, 2.24) is 14.3 Å². The molecule has 0 amide bonds. The summed E-state index contributed by atoms with van der Waals surface area (Å²) in [6, 6.07) is 7.80. The molecule has 3 rings (SSSR count). The van der Waals surface area contributed by atoms with Crippen molar-refractivity contribution in [2.75, 3.05) is 38.2 Å². The summed E-state index contributed by atoms with van der Waals surface area (Å²) in [5.74, 6) is -0.0926. The Morgan fingerprint density at radius 2 is 1.68 bits per heavy atom. The first kappa shape index (κ1) is 17.3. The highest BCUT2D eigenvalue weighted by atomic mass is 32.2. The van der Waals surface area contributed by atoms with Crippen LogP contribution < -0.4 is 4.90 Å². The molecule has 0 bridgehead atoms. The number of anilines is 1. The van der Waals surface area contributed by atoms with Gasteiger partial charge in [0.05, 0.1) is 17.6 Å². The molecule has 1 saturated heterocycles. The van der Waals surface area contributed by atoms with E-state index in [4.69, 9.17) is 0 Å². The summed E-state index contributed by atoms with van der Waals surface area (Å²) in [6.45, 7) is 1.53. The van der Waals surface area contributed by atoms with Gasteiger partial charge in [0.25, 0.3) is 0 Å². The molecule has 1 aliphatic heterocycles. The van der Waals surface area contributed by atoms with Gasteiger partial charge in [-0.15, -0.1) is 0 Å². The second kappa shape index (κ2) is 7.16. The largest absolute Gasteiger partial charge is 0.465 e. The van der Waals surface area contributed by atoms with Crippen LogP contribution in [0, 0.1) is 0 Å². The molecule has 1 aromatic carbocycles. The maximum atomic E-state index is 12.9. The van der Waals surface area contributed by atoms with Gasteiger partial charge < -0.3 is 9.64 Å². The number of methoxy groups -OCH3 is 1. The van der Waals surface area contributed by atoms with E-state index in [1.54, 1.807) is 30.6 Å². The smallest absolute Gasteiger partial charge is 0.339 e. The molecule has 132 valence electrons. The Kier molecular flexibility index (Phi) is 4.95. The van der Waals surface area contributed by atoms with E-state index < -0.39 is 16.0 Å². The highest BCUT2D eigenvalue weighted by Gasteiger charge is 2.32. The van der Waals surface area contributed by atoms with Gasteiger partial charge in [-0.2, -0.15) is 4.31 Å². The third-order valence-corrected chi connectivity index (χ3v) is 5.94. The molecule has 0 N–H and O–H groups in total. The van der Waals surface area contributed by atoms with Gasteiger partial charge in [0, 0.05) is 38.6 Å². The number of carbonyl (C=O) groups excluding carboxylic acids is 1. The van der Waals surface area contributed by atoms with Crippen molar-refractivity contribution in [3.05, 3.63) is 48.3 Å². The summed E-state index contributed by atoms with van der Waals surface area (Å²) in [6.07, 6.45) is 3.30. The van der Waals surface area contributed by atoms with Gasteiger partial charge in [-0.3, -0.25) is 0 Å². The van der Waals surface area contributed by atoms with E-state index >= 15 is 0 Å². The SMILES string of the molecule is COC(=O)c1ccccc1S(=O)(=O)N1CCN(c2ncccn2)CC1. The number of hydrogen-bond donors (Lipinski definition) is 0. The molecule has 1 aromatic heterocycles. The van der Waals surface area contributed by atoms with E-state index in [0.29, 0.717) is 19.0 Å². The molecule has 0 radical (unpaired) electrons. The zero-order valence-corrected chi connectivity index (χ0v) is 14.5. The average molecular weight is 362 g/mol. The van der Waals surface area contributed by atoms with E-state index in [-0.39, 0.29) is 23.5 Å². The molecule has 1 fully saturated rings. The zero-order chi connectivity index (χ0) is 17.9. The Morgan fingerprint density at radius 1 is 1.04 bits per heavy atom. The maximum Gasteiger partial charge on any atom is 0.339 e. The van der Waals surface area contributed by atoms with Crippen LogP contribution in [-0.2, 0) is 14.8 Å². The number of esters is 1. The predicted molar refractivity (Wildman–Crippen MR) is 90.8 cm³/mol. The quantitative estimate of drug-likeness (QED) is 0.742.